The summed E-state index contributed by atoms with van der Waals surface area (Å²) in [7, 11) is 0. The molecule has 148 valence electrons. The van der Waals surface area contributed by atoms with Gasteiger partial charge in [0.05, 0.1) is 5.69 Å². The first-order chi connectivity index (χ1) is 14.2. The van der Waals surface area contributed by atoms with Crippen molar-refractivity contribution in [2.24, 2.45) is 5.92 Å². The molecule has 1 aliphatic heterocycles. The van der Waals surface area contributed by atoms with Gasteiger partial charge in [0.25, 0.3) is 0 Å². The largest absolute Gasteiger partial charge is 0.342 e. The van der Waals surface area contributed by atoms with Gasteiger partial charge in [-0.3, -0.25) is 9.78 Å². The summed E-state index contributed by atoms with van der Waals surface area (Å²) in [5.74, 6) is 0.301. The molecule has 4 rings (SSSR count). The van der Waals surface area contributed by atoms with E-state index in [9.17, 15) is 9.59 Å². The van der Waals surface area contributed by atoms with E-state index in [-0.39, 0.29) is 17.9 Å². The van der Waals surface area contributed by atoms with E-state index in [0.717, 1.165) is 29.4 Å². The molecule has 0 spiro atoms. The van der Waals surface area contributed by atoms with Crippen molar-refractivity contribution < 1.29 is 9.59 Å². The van der Waals surface area contributed by atoms with Crippen LogP contribution >= 0.6 is 0 Å². The first-order valence-corrected chi connectivity index (χ1v) is 9.88. The van der Waals surface area contributed by atoms with E-state index in [0.29, 0.717) is 19.5 Å². The number of carbonyl (C=O) groups is 2. The molecule has 0 aliphatic carbocycles. The van der Waals surface area contributed by atoms with Crippen LogP contribution in [0.3, 0.4) is 0 Å². The van der Waals surface area contributed by atoms with E-state index < -0.39 is 0 Å². The molecule has 0 unspecified atom stereocenters. The van der Waals surface area contributed by atoms with Crippen LogP contribution in [0.25, 0.3) is 10.8 Å². The lowest BCUT2D eigenvalue weighted by molar-refractivity contribution is -0.127. The number of likely N-dealkylation sites (tertiary alicyclic amines) is 1. The third kappa shape index (κ3) is 4.71. The maximum Gasteiger partial charge on any atom is 0.319 e. The van der Waals surface area contributed by atoms with Crippen LogP contribution in [0.15, 0.2) is 67.0 Å². The van der Waals surface area contributed by atoms with Gasteiger partial charge in [0.1, 0.15) is 0 Å². The zero-order valence-electron chi connectivity index (χ0n) is 16.2. The molecule has 1 fully saturated rings. The second kappa shape index (κ2) is 8.73. The van der Waals surface area contributed by atoms with Crippen molar-refractivity contribution in [1.82, 2.24) is 15.2 Å². The maximum atomic E-state index is 12.4. The number of nitrogens with one attached hydrogen (secondary N) is 2. The molecule has 6 nitrogen and oxygen atoms in total. The number of urea groups is 1. The first-order valence-electron chi connectivity index (χ1n) is 9.88. The van der Waals surface area contributed by atoms with Crippen molar-refractivity contribution in [2.45, 2.75) is 12.8 Å². The van der Waals surface area contributed by atoms with Crippen molar-refractivity contribution in [1.29, 1.82) is 0 Å². The fourth-order valence-electron chi connectivity index (χ4n) is 3.75. The van der Waals surface area contributed by atoms with Gasteiger partial charge in [-0.25, -0.2) is 4.79 Å². The smallest absolute Gasteiger partial charge is 0.319 e. The summed E-state index contributed by atoms with van der Waals surface area (Å²) in [6, 6.07) is 17.5. The minimum atomic E-state index is -0.260. The quantitative estimate of drug-likeness (QED) is 0.679. The summed E-state index contributed by atoms with van der Waals surface area (Å²) in [6.07, 6.45) is 4.81. The molecule has 1 aromatic heterocycles. The van der Waals surface area contributed by atoms with Gasteiger partial charge in [0.15, 0.2) is 0 Å². The number of benzene rings is 2. The number of aromatic nitrogens is 1. The number of hydrogen-bond donors (Lipinski definition) is 2. The molecule has 2 heterocycles. The Kier molecular flexibility index (Phi) is 5.70. The van der Waals surface area contributed by atoms with Gasteiger partial charge in [0.2, 0.25) is 5.91 Å². The minimum Gasteiger partial charge on any atom is -0.342 e. The Bertz CT molecular complexity index is 1000. The van der Waals surface area contributed by atoms with Crippen molar-refractivity contribution in [2.75, 3.05) is 25.0 Å². The molecule has 2 N–H and O–H groups in total. The molecule has 0 radical (unpaired) electrons. The fraction of sp³-hybridized carbons (Fsp3) is 0.261. The average Bonchev–Trinajstić information content (AvgIpc) is 3.11. The van der Waals surface area contributed by atoms with Gasteiger partial charge in [0, 0.05) is 55.1 Å². The van der Waals surface area contributed by atoms with E-state index in [1.54, 1.807) is 12.4 Å². The maximum absolute atomic E-state index is 12.4. The number of anilines is 1. The second-order valence-corrected chi connectivity index (χ2v) is 7.38. The number of hydrogen-bond acceptors (Lipinski definition) is 3. The van der Waals surface area contributed by atoms with Crippen LogP contribution in [0.2, 0.25) is 0 Å². The normalized spacial score (nSPS) is 16.2. The lowest BCUT2D eigenvalue weighted by atomic mass is 10.1. The van der Waals surface area contributed by atoms with Gasteiger partial charge < -0.3 is 15.5 Å². The van der Waals surface area contributed by atoms with Crippen LogP contribution < -0.4 is 10.6 Å². The van der Waals surface area contributed by atoms with E-state index in [2.05, 4.69) is 27.8 Å². The summed E-state index contributed by atoms with van der Waals surface area (Å²) < 4.78 is 0. The molecular formula is C23H24N4O2. The third-order valence-electron chi connectivity index (χ3n) is 5.29. The van der Waals surface area contributed by atoms with E-state index in [1.165, 1.54) is 5.56 Å². The molecule has 6 heteroatoms. The zero-order valence-corrected chi connectivity index (χ0v) is 16.2. The van der Waals surface area contributed by atoms with Gasteiger partial charge >= 0.3 is 6.03 Å². The number of nitrogens with zero attached hydrogens (tertiary/aromatic N) is 2. The Morgan fingerprint density at radius 1 is 1.10 bits per heavy atom. The van der Waals surface area contributed by atoms with Gasteiger partial charge in [-0.05, 0) is 24.1 Å². The molecule has 3 aromatic rings. The molecular weight excluding hydrogens is 364 g/mol. The highest BCUT2D eigenvalue weighted by Crippen LogP contribution is 2.22. The van der Waals surface area contributed by atoms with E-state index >= 15 is 0 Å². The van der Waals surface area contributed by atoms with Crippen molar-refractivity contribution in [3.63, 3.8) is 0 Å². The van der Waals surface area contributed by atoms with Crippen molar-refractivity contribution in [3.05, 3.63) is 72.6 Å². The van der Waals surface area contributed by atoms with Crippen LogP contribution in [-0.4, -0.2) is 41.5 Å². The predicted octanol–water partition coefficient (Wildman–Crippen LogP) is 3.45. The number of amides is 3. The summed E-state index contributed by atoms with van der Waals surface area (Å²) in [4.78, 5) is 30.6. The highest BCUT2D eigenvalue weighted by Gasteiger charge is 2.29. The molecule has 29 heavy (non-hydrogen) atoms. The highest BCUT2D eigenvalue weighted by molar-refractivity contribution is 6.01. The van der Waals surface area contributed by atoms with Crippen LogP contribution in [0, 0.1) is 5.92 Å². The lowest BCUT2D eigenvalue weighted by Crippen LogP contribution is -2.34. The van der Waals surface area contributed by atoms with E-state index in [1.807, 2.05) is 47.4 Å². The van der Waals surface area contributed by atoms with Crippen LogP contribution in [-0.2, 0) is 11.2 Å². The Morgan fingerprint density at radius 2 is 1.97 bits per heavy atom. The third-order valence-corrected chi connectivity index (χ3v) is 5.29. The summed E-state index contributed by atoms with van der Waals surface area (Å²) in [5.41, 5.74) is 1.97. The van der Waals surface area contributed by atoms with Crippen molar-refractivity contribution >= 4 is 28.4 Å². The second-order valence-electron chi connectivity index (χ2n) is 7.38. The number of pyridine rings is 1. The van der Waals surface area contributed by atoms with Gasteiger partial charge in [-0.2, -0.15) is 0 Å². The van der Waals surface area contributed by atoms with Gasteiger partial charge in [-0.15, -0.1) is 0 Å². The standard InChI is InChI=1S/C23H24N4O2/c28-22-13-18(16-27(22)12-10-17-5-2-1-3-6-17)14-25-23(29)26-21-8-4-7-19-15-24-11-9-20(19)21/h1-9,11,15,18H,10,12-14,16H2,(H2,25,26,29)/t18-/m0/s1. The minimum absolute atomic E-state index is 0.140. The number of rotatable bonds is 6. The fourth-order valence-corrected chi connectivity index (χ4v) is 3.75. The summed E-state index contributed by atoms with van der Waals surface area (Å²) >= 11 is 0. The topological polar surface area (TPSA) is 74.3 Å². The van der Waals surface area contributed by atoms with Crippen LogP contribution in [0.4, 0.5) is 10.5 Å². The highest BCUT2D eigenvalue weighted by atomic mass is 16.2. The Hall–Kier alpha value is -3.41. The molecule has 0 saturated carbocycles. The van der Waals surface area contributed by atoms with Crippen LogP contribution in [0.1, 0.15) is 12.0 Å². The molecule has 0 bridgehead atoms. The summed E-state index contributed by atoms with van der Waals surface area (Å²) in [6.45, 7) is 1.88. The molecule has 2 aromatic carbocycles. The monoisotopic (exact) mass is 388 g/mol. The summed E-state index contributed by atoms with van der Waals surface area (Å²) in [5, 5.41) is 7.73. The Labute approximate surface area is 169 Å². The number of carbonyl (C=O) groups excluding carboxylic acids is 2. The molecule has 3 amide bonds. The Balaban J connectivity index is 1.27. The molecule has 1 aliphatic rings. The van der Waals surface area contributed by atoms with E-state index in [4.69, 9.17) is 0 Å². The van der Waals surface area contributed by atoms with Crippen LogP contribution in [0.5, 0.6) is 0 Å². The SMILES string of the molecule is O=C(NC[C@@H]1CC(=O)N(CCc2ccccc2)C1)Nc1cccc2cnccc12. The molecule has 1 atom stereocenters. The molecule has 1 saturated heterocycles. The first kappa shape index (κ1) is 18.9. The number of fused-ring (bicyclic) bond motifs is 1. The van der Waals surface area contributed by atoms with Crippen molar-refractivity contribution in [3.8, 4) is 0 Å². The van der Waals surface area contributed by atoms with Gasteiger partial charge in [-0.1, -0.05) is 42.5 Å². The Morgan fingerprint density at radius 3 is 2.83 bits per heavy atom. The zero-order chi connectivity index (χ0) is 20.1. The average molecular weight is 388 g/mol. The lowest BCUT2D eigenvalue weighted by Gasteiger charge is -2.17. The predicted molar refractivity (Wildman–Crippen MR) is 114 cm³/mol.